The average molecular weight is 280 g/mol. The molecule has 14 heavy (non-hydrogen) atoms. The molecule has 0 fully saturated rings. The number of hydrogen-bond acceptors (Lipinski definition) is 3. The highest BCUT2D eigenvalue weighted by molar-refractivity contribution is 9.10. The number of alkyl halides is 1. The highest BCUT2D eigenvalue weighted by Crippen LogP contribution is 2.09. The number of benzene rings is 1. The van der Waals surface area contributed by atoms with Crippen LogP contribution in [0.15, 0.2) is 24.3 Å². The number of nitrogens with one attached hydrogen (secondary N) is 1. The molecule has 1 aromatic rings. The molecule has 0 unspecified atom stereocenters. The first-order chi connectivity index (χ1) is 6.53. The van der Waals surface area contributed by atoms with Crippen molar-refractivity contribution in [3.8, 4) is 5.75 Å². The molecule has 6 heteroatoms. The SMILES string of the molecule is O=S(=O)(CBr)NCc1ccc(O)cc1. The average Bonchev–Trinajstić information content (AvgIpc) is 2.17. The number of sulfonamides is 1. The van der Waals surface area contributed by atoms with Crippen molar-refractivity contribution in [2.75, 3.05) is 4.66 Å². The van der Waals surface area contributed by atoms with Crippen LogP contribution in [0.4, 0.5) is 0 Å². The van der Waals surface area contributed by atoms with E-state index in [1.807, 2.05) is 0 Å². The molecule has 0 radical (unpaired) electrons. The number of hydrogen-bond donors (Lipinski definition) is 2. The normalized spacial score (nSPS) is 11.5. The summed E-state index contributed by atoms with van der Waals surface area (Å²) in [4.78, 5) is 0. The third-order valence-corrected chi connectivity index (χ3v) is 4.26. The van der Waals surface area contributed by atoms with Gasteiger partial charge in [-0.05, 0) is 17.7 Å². The van der Waals surface area contributed by atoms with Gasteiger partial charge in [-0.15, -0.1) is 0 Å². The van der Waals surface area contributed by atoms with Crippen LogP contribution in [-0.4, -0.2) is 18.2 Å². The van der Waals surface area contributed by atoms with Crippen molar-refractivity contribution < 1.29 is 13.5 Å². The van der Waals surface area contributed by atoms with Gasteiger partial charge in [0, 0.05) is 6.54 Å². The lowest BCUT2D eigenvalue weighted by Gasteiger charge is -2.03. The standard InChI is InChI=1S/C8H10BrNO3S/c9-6-14(12,13)10-5-7-1-3-8(11)4-2-7/h1-4,10-11H,5-6H2. The summed E-state index contributed by atoms with van der Waals surface area (Å²) in [6.07, 6.45) is 0. The molecule has 1 rings (SSSR count). The van der Waals surface area contributed by atoms with E-state index in [9.17, 15) is 8.42 Å². The number of rotatable bonds is 4. The Bertz CT molecular complexity index is 388. The molecule has 0 saturated carbocycles. The highest BCUT2D eigenvalue weighted by Gasteiger charge is 2.06. The summed E-state index contributed by atoms with van der Waals surface area (Å²) in [5.41, 5.74) is 0.798. The Kier molecular flexibility index (Phi) is 3.91. The van der Waals surface area contributed by atoms with Crippen LogP contribution >= 0.6 is 15.9 Å². The third-order valence-electron chi connectivity index (χ3n) is 1.58. The molecule has 0 saturated heterocycles. The van der Waals surface area contributed by atoms with Crippen LogP contribution in [0.5, 0.6) is 5.75 Å². The van der Waals surface area contributed by atoms with Crippen LogP contribution in [0.25, 0.3) is 0 Å². The predicted molar refractivity (Wildman–Crippen MR) is 57.7 cm³/mol. The Labute approximate surface area is 91.1 Å². The fourth-order valence-corrected chi connectivity index (χ4v) is 1.80. The molecule has 78 valence electrons. The monoisotopic (exact) mass is 279 g/mol. The van der Waals surface area contributed by atoms with Gasteiger partial charge in [-0.2, -0.15) is 0 Å². The zero-order chi connectivity index (χ0) is 10.6. The topological polar surface area (TPSA) is 66.4 Å². The maximum absolute atomic E-state index is 11.0. The van der Waals surface area contributed by atoms with E-state index in [2.05, 4.69) is 20.7 Å². The van der Waals surface area contributed by atoms with Crippen LogP contribution in [0, 0.1) is 0 Å². The third kappa shape index (κ3) is 3.65. The fraction of sp³-hybridized carbons (Fsp3) is 0.250. The van der Waals surface area contributed by atoms with E-state index in [0.717, 1.165) is 5.56 Å². The Morgan fingerprint density at radius 1 is 1.29 bits per heavy atom. The largest absolute Gasteiger partial charge is 0.508 e. The lowest BCUT2D eigenvalue weighted by atomic mass is 10.2. The summed E-state index contributed by atoms with van der Waals surface area (Å²) in [6, 6.07) is 6.34. The predicted octanol–water partition coefficient (Wildman–Crippen LogP) is 1.16. The molecule has 0 aliphatic carbocycles. The minimum atomic E-state index is -3.22. The van der Waals surface area contributed by atoms with Gasteiger partial charge in [0.25, 0.3) is 0 Å². The van der Waals surface area contributed by atoms with Gasteiger partial charge in [0.05, 0.1) is 0 Å². The molecule has 2 N–H and O–H groups in total. The Morgan fingerprint density at radius 2 is 1.86 bits per heavy atom. The molecule has 0 aliphatic heterocycles. The van der Waals surface area contributed by atoms with Crippen LogP contribution in [0.2, 0.25) is 0 Å². The first kappa shape index (κ1) is 11.5. The van der Waals surface area contributed by atoms with E-state index < -0.39 is 10.0 Å². The van der Waals surface area contributed by atoms with Crippen molar-refractivity contribution in [1.82, 2.24) is 4.72 Å². The first-order valence-corrected chi connectivity index (χ1v) is 6.62. The van der Waals surface area contributed by atoms with Gasteiger partial charge in [0.15, 0.2) is 0 Å². The number of phenolic OH excluding ortho intramolecular Hbond substituents is 1. The molecule has 0 atom stereocenters. The molecule has 0 spiro atoms. The van der Waals surface area contributed by atoms with Crippen molar-refractivity contribution in [2.24, 2.45) is 0 Å². The zero-order valence-electron chi connectivity index (χ0n) is 7.27. The summed E-state index contributed by atoms with van der Waals surface area (Å²) in [5.74, 6) is 0.164. The molecular formula is C8H10BrNO3S. The van der Waals surface area contributed by atoms with Gasteiger partial charge < -0.3 is 5.11 Å². The van der Waals surface area contributed by atoms with E-state index in [4.69, 9.17) is 5.11 Å². The molecule has 0 heterocycles. The highest BCUT2D eigenvalue weighted by atomic mass is 79.9. The molecule has 0 bridgehead atoms. The molecule has 0 aromatic heterocycles. The zero-order valence-corrected chi connectivity index (χ0v) is 9.68. The quantitative estimate of drug-likeness (QED) is 0.813. The van der Waals surface area contributed by atoms with Crippen molar-refractivity contribution >= 4 is 26.0 Å². The molecule has 1 aromatic carbocycles. The van der Waals surface area contributed by atoms with Crippen molar-refractivity contribution in [1.29, 1.82) is 0 Å². The number of halogens is 1. The van der Waals surface area contributed by atoms with Gasteiger partial charge in [-0.25, -0.2) is 13.1 Å². The first-order valence-electron chi connectivity index (χ1n) is 3.85. The van der Waals surface area contributed by atoms with E-state index in [0.29, 0.717) is 0 Å². The molecular weight excluding hydrogens is 270 g/mol. The Morgan fingerprint density at radius 3 is 2.36 bits per heavy atom. The van der Waals surface area contributed by atoms with E-state index >= 15 is 0 Å². The van der Waals surface area contributed by atoms with Crippen molar-refractivity contribution in [3.63, 3.8) is 0 Å². The van der Waals surface area contributed by atoms with Crippen LogP contribution < -0.4 is 4.72 Å². The van der Waals surface area contributed by atoms with Gasteiger partial charge in [0.2, 0.25) is 10.0 Å². The molecule has 0 amide bonds. The summed E-state index contributed by atoms with van der Waals surface area (Å²) in [5, 5.41) is 8.98. The van der Waals surface area contributed by atoms with Crippen LogP contribution in [-0.2, 0) is 16.6 Å². The maximum atomic E-state index is 11.0. The lowest BCUT2D eigenvalue weighted by molar-refractivity contribution is 0.475. The summed E-state index contributed by atoms with van der Waals surface area (Å²) in [7, 11) is -3.22. The summed E-state index contributed by atoms with van der Waals surface area (Å²) >= 11 is 2.87. The summed E-state index contributed by atoms with van der Waals surface area (Å²) < 4.78 is 24.3. The van der Waals surface area contributed by atoms with Crippen LogP contribution in [0.3, 0.4) is 0 Å². The van der Waals surface area contributed by atoms with Crippen molar-refractivity contribution in [2.45, 2.75) is 6.54 Å². The van der Waals surface area contributed by atoms with Gasteiger partial charge in [0.1, 0.15) is 10.4 Å². The Balaban J connectivity index is 2.59. The summed E-state index contributed by atoms with van der Waals surface area (Å²) in [6.45, 7) is 0.230. The second-order valence-electron chi connectivity index (χ2n) is 2.71. The second-order valence-corrected chi connectivity index (χ2v) is 5.82. The minimum absolute atomic E-state index is 0.113. The Hall–Kier alpha value is -0.590. The fourth-order valence-electron chi connectivity index (χ4n) is 0.846. The number of phenols is 1. The smallest absolute Gasteiger partial charge is 0.221 e. The molecule has 4 nitrogen and oxygen atoms in total. The van der Waals surface area contributed by atoms with E-state index in [1.54, 1.807) is 12.1 Å². The maximum Gasteiger partial charge on any atom is 0.221 e. The van der Waals surface area contributed by atoms with Crippen LogP contribution in [0.1, 0.15) is 5.56 Å². The van der Waals surface area contributed by atoms with Crippen molar-refractivity contribution in [3.05, 3.63) is 29.8 Å². The second kappa shape index (κ2) is 4.77. The van der Waals surface area contributed by atoms with Gasteiger partial charge in [-0.3, -0.25) is 0 Å². The van der Waals surface area contributed by atoms with E-state index in [1.165, 1.54) is 12.1 Å². The lowest BCUT2D eigenvalue weighted by Crippen LogP contribution is -2.23. The number of aromatic hydroxyl groups is 1. The molecule has 0 aliphatic rings. The van der Waals surface area contributed by atoms with E-state index in [-0.39, 0.29) is 17.0 Å². The van der Waals surface area contributed by atoms with Gasteiger partial charge >= 0.3 is 0 Å². The van der Waals surface area contributed by atoms with Gasteiger partial charge in [-0.1, -0.05) is 28.1 Å². The minimum Gasteiger partial charge on any atom is -0.508 e.